The minimum atomic E-state index is -1.24. The van der Waals surface area contributed by atoms with Crippen LogP contribution in [0, 0.1) is 0 Å². The van der Waals surface area contributed by atoms with E-state index in [1.807, 2.05) is 22.9 Å². The first-order chi connectivity index (χ1) is 22.3. The molecule has 1 unspecified atom stereocenters. The zero-order valence-corrected chi connectivity index (χ0v) is 28.4. The average Bonchev–Trinajstić information content (AvgIpc) is 3.67. The molecule has 5 aromatic rings. The summed E-state index contributed by atoms with van der Waals surface area (Å²) in [5, 5.41) is 20.5. The van der Waals surface area contributed by atoms with Crippen molar-refractivity contribution in [2.75, 3.05) is 13.2 Å². The number of hydrogen-bond acceptors (Lipinski definition) is 7. The molecular weight excluding hydrogens is 595 g/mol. The lowest BCUT2D eigenvalue weighted by atomic mass is 9.96. The fourth-order valence-corrected chi connectivity index (χ4v) is 6.59. The molecule has 6 rings (SSSR count). The Morgan fingerprint density at radius 1 is 1.00 bits per heavy atom. The molecule has 0 saturated carbocycles. The summed E-state index contributed by atoms with van der Waals surface area (Å²) >= 11 is 0. The van der Waals surface area contributed by atoms with E-state index in [0.29, 0.717) is 37.2 Å². The van der Waals surface area contributed by atoms with Crippen molar-refractivity contribution in [3.05, 3.63) is 83.7 Å². The minimum absolute atomic E-state index is 0.165. The molecule has 1 atom stereocenters. The first-order valence-corrected chi connectivity index (χ1v) is 20.1. The third kappa shape index (κ3) is 7.41. The second-order valence-electron chi connectivity index (χ2n) is 13.2. The second kappa shape index (κ2) is 14.3. The fourth-order valence-electron chi connectivity index (χ4n) is 5.83. The van der Waals surface area contributed by atoms with Gasteiger partial charge in [-0.25, -0.2) is 14.3 Å². The summed E-state index contributed by atoms with van der Waals surface area (Å²) in [4.78, 5) is 4.69. The largest absolute Gasteiger partial charge is 0.489 e. The fraction of sp³-hybridized carbons (Fsp3) is 0.417. The number of ether oxygens (including phenoxy) is 3. The van der Waals surface area contributed by atoms with Gasteiger partial charge in [0.2, 0.25) is 0 Å². The molecule has 1 fully saturated rings. The summed E-state index contributed by atoms with van der Waals surface area (Å²) < 4.78 is 22.2. The molecule has 0 radical (unpaired) electrons. The van der Waals surface area contributed by atoms with Crippen LogP contribution in [0.1, 0.15) is 49.4 Å². The predicted molar refractivity (Wildman–Crippen MR) is 183 cm³/mol. The van der Waals surface area contributed by atoms with E-state index in [4.69, 9.17) is 24.3 Å². The molecule has 3 aromatic carbocycles. The molecule has 0 amide bonds. The molecule has 46 heavy (non-hydrogen) atoms. The van der Waals surface area contributed by atoms with E-state index in [2.05, 4.69) is 80.2 Å². The number of nitrogens with zero attached hydrogens (tertiary/aromatic N) is 5. The molecule has 1 saturated heterocycles. The molecule has 3 heterocycles. The molecule has 9 nitrogen and oxygen atoms in total. The predicted octanol–water partition coefficient (Wildman–Crippen LogP) is 7.61. The highest BCUT2D eigenvalue weighted by Gasteiger charge is 2.25. The van der Waals surface area contributed by atoms with E-state index >= 15 is 0 Å². The van der Waals surface area contributed by atoms with E-state index in [1.54, 1.807) is 4.68 Å². The number of benzene rings is 3. The van der Waals surface area contributed by atoms with Gasteiger partial charge in [-0.3, -0.25) is 0 Å². The Hall–Kier alpha value is -3.83. The van der Waals surface area contributed by atoms with Gasteiger partial charge < -0.3 is 19.3 Å². The summed E-state index contributed by atoms with van der Waals surface area (Å²) in [6.07, 6.45) is 3.73. The second-order valence-corrected chi connectivity index (χ2v) is 18.8. The van der Waals surface area contributed by atoms with E-state index in [0.717, 1.165) is 65.1 Å². The van der Waals surface area contributed by atoms with Crippen molar-refractivity contribution in [2.24, 2.45) is 0 Å². The van der Waals surface area contributed by atoms with Gasteiger partial charge in [-0.05, 0) is 78.2 Å². The van der Waals surface area contributed by atoms with Gasteiger partial charge in [0.05, 0.1) is 5.52 Å². The lowest BCUT2D eigenvalue weighted by Gasteiger charge is -2.23. The van der Waals surface area contributed by atoms with Crippen LogP contribution in [0.2, 0.25) is 25.7 Å². The van der Waals surface area contributed by atoms with Crippen LogP contribution in [0.25, 0.3) is 33.5 Å². The van der Waals surface area contributed by atoms with Gasteiger partial charge in [-0.1, -0.05) is 69.0 Å². The standard InChI is InChI=1S/C36H45N5O4Si/c1-5-27-21-29(45-24-26-11-7-6-8-12-26)15-17-30(27)28-14-16-31-32(22-28)41(34-13-9-10-18-44-34)39-35(31)36-37-33(23-42)38-40(36)25-43-19-20-46(2,3)4/h6-8,11-12,14-17,21-22,34,42H,5,9-10,13,18-20,23-25H2,1-4H3. The minimum Gasteiger partial charge on any atom is -0.489 e. The maximum absolute atomic E-state index is 9.92. The molecule has 1 aliphatic rings. The number of hydrogen-bond donors (Lipinski definition) is 1. The SMILES string of the molecule is CCc1cc(OCc2ccccc2)ccc1-c1ccc2c(-c3nc(CO)nn3COCC[Si](C)(C)C)nn(C3CCCCO3)c2c1. The highest BCUT2D eigenvalue weighted by Crippen LogP contribution is 2.36. The zero-order chi connectivity index (χ0) is 32.1. The van der Waals surface area contributed by atoms with Gasteiger partial charge in [-0.15, -0.1) is 0 Å². The van der Waals surface area contributed by atoms with E-state index in [1.165, 1.54) is 5.56 Å². The lowest BCUT2D eigenvalue weighted by Crippen LogP contribution is -2.22. The Morgan fingerprint density at radius 2 is 1.85 bits per heavy atom. The molecule has 1 N–H and O–H groups in total. The van der Waals surface area contributed by atoms with Gasteiger partial charge in [0, 0.05) is 26.7 Å². The van der Waals surface area contributed by atoms with Crippen LogP contribution in [-0.4, -0.2) is 50.9 Å². The van der Waals surface area contributed by atoms with Crippen LogP contribution in [-0.2, 0) is 35.8 Å². The third-order valence-corrected chi connectivity index (χ3v) is 10.1. The zero-order valence-electron chi connectivity index (χ0n) is 27.4. The quantitative estimate of drug-likeness (QED) is 0.105. The van der Waals surface area contributed by atoms with Gasteiger partial charge in [0.1, 0.15) is 31.4 Å². The van der Waals surface area contributed by atoms with E-state index < -0.39 is 8.07 Å². The van der Waals surface area contributed by atoms with Gasteiger partial charge in [-0.2, -0.15) is 10.2 Å². The highest BCUT2D eigenvalue weighted by atomic mass is 28.3. The summed E-state index contributed by atoms with van der Waals surface area (Å²) in [5.74, 6) is 1.79. The number of fused-ring (bicyclic) bond motifs is 1. The van der Waals surface area contributed by atoms with Crippen LogP contribution < -0.4 is 4.74 Å². The Kier molecular flexibility index (Phi) is 9.98. The summed E-state index contributed by atoms with van der Waals surface area (Å²) in [5.41, 5.74) is 6.31. The Bertz CT molecular complexity index is 1760. The topological polar surface area (TPSA) is 96.5 Å². The normalized spacial score (nSPS) is 15.5. The molecular formula is C36H45N5O4Si. The first-order valence-electron chi connectivity index (χ1n) is 16.4. The maximum atomic E-state index is 9.92. The van der Waals surface area contributed by atoms with Crippen molar-refractivity contribution in [3.8, 4) is 28.4 Å². The Labute approximate surface area is 272 Å². The third-order valence-electron chi connectivity index (χ3n) is 8.43. The van der Waals surface area contributed by atoms with Crippen molar-refractivity contribution in [1.82, 2.24) is 24.5 Å². The monoisotopic (exact) mass is 639 g/mol. The molecule has 0 spiro atoms. The van der Waals surface area contributed by atoms with Crippen molar-refractivity contribution in [1.29, 1.82) is 0 Å². The number of aliphatic hydroxyl groups is 1. The summed E-state index contributed by atoms with van der Waals surface area (Å²) in [6, 6.07) is 24.1. The van der Waals surface area contributed by atoms with Crippen molar-refractivity contribution in [2.45, 2.75) is 84.5 Å². The molecule has 0 aliphatic carbocycles. The molecule has 1 aliphatic heterocycles. The molecule has 10 heteroatoms. The van der Waals surface area contributed by atoms with Crippen LogP contribution in [0.4, 0.5) is 0 Å². The molecule has 242 valence electrons. The van der Waals surface area contributed by atoms with E-state index in [9.17, 15) is 5.11 Å². The van der Waals surface area contributed by atoms with Crippen molar-refractivity contribution in [3.63, 3.8) is 0 Å². The number of aryl methyl sites for hydroxylation is 1. The van der Waals surface area contributed by atoms with E-state index in [-0.39, 0.29) is 19.6 Å². The summed E-state index contributed by atoms with van der Waals surface area (Å²) in [6.45, 7) is 11.1. The van der Waals surface area contributed by atoms with Crippen LogP contribution in [0.5, 0.6) is 5.75 Å². The average molecular weight is 640 g/mol. The molecule has 2 aromatic heterocycles. The smallest absolute Gasteiger partial charge is 0.181 e. The Balaban J connectivity index is 1.35. The van der Waals surface area contributed by atoms with Crippen LogP contribution in [0.3, 0.4) is 0 Å². The first kappa shape index (κ1) is 32.1. The summed E-state index contributed by atoms with van der Waals surface area (Å²) in [7, 11) is -1.24. The Morgan fingerprint density at radius 3 is 2.59 bits per heavy atom. The lowest BCUT2D eigenvalue weighted by molar-refractivity contribution is -0.0365. The number of aromatic nitrogens is 5. The van der Waals surface area contributed by atoms with Crippen LogP contribution >= 0.6 is 0 Å². The highest BCUT2D eigenvalue weighted by molar-refractivity contribution is 6.76. The number of aliphatic hydroxyl groups excluding tert-OH is 1. The van der Waals surface area contributed by atoms with Crippen molar-refractivity contribution >= 4 is 19.0 Å². The maximum Gasteiger partial charge on any atom is 0.181 e. The number of rotatable bonds is 13. The van der Waals surface area contributed by atoms with Gasteiger partial charge in [0.25, 0.3) is 0 Å². The van der Waals surface area contributed by atoms with Gasteiger partial charge >= 0.3 is 0 Å². The molecule has 0 bridgehead atoms. The van der Waals surface area contributed by atoms with Gasteiger partial charge in [0.15, 0.2) is 17.9 Å². The van der Waals surface area contributed by atoms with Crippen LogP contribution in [0.15, 0.2) is 66.7 Å². The van der Waals surface area contributed by atoms with Crippen molar-refractivity contribution < 1.29 is 19.3 Å².